The van der Waals surface area contributed by atoms with Gasteiger partial charge in [-0.2, -0.15) is 0 Å². The number of aliphatic hydroxyl groups excluding tert-OH is 1. The Balaban J connectivity index is 1.52. The van der Waals surface area contributed by atoms with E-state index in [1.54, 1.807) is 6.07 Å². The Morgan fingerprint density at radius 2 is 1.79 bits per heavy atom. The average molecular weight is 346 g/mol. The van der Waals surface area contributed by atoms with E-state index in [9.17, 15) is 5.11 Å². The van der Waals surface area contributed by atoms with Crippen LogP contribution >= 0.6 is 11.6 Å². The van der Waals surface area contributed by atoms with Gasteiger partial charge in [0.1, 0.15) is 0 Å². The summed E-state index contributed by atoms with van der Waals surface area (Å²) in [5.41, 5.74) is 1.42. The van der Waals surface area contributed by atoms with Gasteiger partial charge in [-0.1, -0.05) is 41.9 Å². The van der Waals surface area contributed by atoms with Gasteiger partial charge in [0.15, 0.2) is 11.0 Å². The highest BCUT2D eigenvalue weighted by Gasteiger charge is 2.34. The van der Waals surface area contributed by atoms with E-state index >= 15 is 0 Å². The molecule has 5 heteroatoms. The monoisotopic (exact) mass is 345 g/mol. The lowest BCUT2D eigenvalue weighted by molar-refractivity contribution is 0.0848. The van der Waals surface area contributed by atoms with E-state index in [-0.39, 0.29) is 12.0 Å². The lowest BCUT2D eigenvalue weighted by Crippen LogP contribution is -2.42. The van der Waals surface area contributed by atoms with E-state index in [0.717, 1.165) is 51.0 Å². The number of aryl methyl sites for hydroxylation is 1. The molecule has 2 aromatic rings. The molecule has 1 aliphatic rings. The summed E-state index contributed by atoms with van der Waals surface area (Å²) in [4.78, 5) is 2.23. The van der Waals surface area contributed by atoms with Crippen LogP contribution in [0.1, 0.15) is 31.2 Å². The molecule has 0 amide bonds. The second kappa shape index (κ2) is 7.95. The molecule has 0 unspecified atom stereocenters. The molecular formula is C19H24ClN3O. The van der Waals surface area contributed by atoms with Gasteiger partial charge in [0.25, 0.3) is 0 Å². The largest absolute Gasteiger partial charge is 0.396 e. The maximum absolute atomic E-state index is 9.97. The van der Waals surface area contributed by atoms with Crippen LogP contribution in [0, 0.1) is 5.41 Å². The van der Waals surface area contributed by atoms with Gasteiger partial charge in [-0.3, -0.25) is 0 Å². The number of rotatable bonds is 6. The van der Waals surface area contributed by atoms with Crippen molar-refractivity contribution in [3.05, 3.63) is 53.2 Å². The Bertz CT molecular complexity index is 625. The van der Waals surface area contributed by atoms with Crippen LogP contribution in [0.2, 0.25) is 5.15 Å². The molecule has 2 heterocycles. The number of piperidine rings is 1. The van der Waals surface area contributed by atoms with Crippen LogP contribution in [0.5, 0.6) is 0 Å². The van der Waals surface area contributed by atoms with Crippen molar-refractivity contribution in [2.24, 2.45) is 5.41 Å². The van der Waals surface area contributed by atoms with Crippen molar-refractivity contribution >= 4 is 17.4 Å². The van der Waals surface area contributed by atoms with Crippen LogP contribution in [-0.4, -0.2) is 35.0 Å². The van der Waals surface area contributed by atoms with Gasteiger partial charge >= 0.3 is 0 Å². The number of anilines is 1. The van der Waals surface area contributed by atoms with Crippen molar-refractivity contribution in [2.45, 2.75) is 32.1 Å². The Morgan fingerprint density at radius 1 is 1.04 bits per heavy atom. The molecule has 4 nitrogen and oxygen atoms in total. The number of hydrogen-bond donors (Lipinski definition) is 1. The third-order valence-electron chi connectivity index (χ3n) is 5.12. The van der Waals surface area contributed by atoms with Crippen LogP contribution in [0.4, 0.5) is 5.82 Å². The van der Waals surface area contributed by atoms with Crippen LogP contribution in [0.15, 0.2) is 42.5 Å². The van der Waals surface area contributed by atoms with E-state index in [2.05, 4.69) is 39.4 Å². The number of aliphatic hydroxyl groups is 1. The van der Waals surface area contributed by atoms with Crippen molar-refractivity contribution in [1.29, 1.82) is 0 Å². The Hall–Kier alpha value is -1.65. The number of benzene rings is 1. The smallest absolute Gasteiger partial charge is 0.151 e. The average Bonchev–Trinajstić information content (AvgIpc) is 2.64. The zero-order valence-corrected chi connectivity index (χ0v) is 14.6. The second-order valence-corrected chi connectivity index (χ2v) is 7.09. The third kappa shape index (κ3) is 4.25. The minimum Gasteiger partial charge on any atom is -0.396 e. The number of hydrogen-bond acceptors (Lipinski definition) is 4. The first-order chi connectivity index (χ1) is 11.7. The molecule has 128 valence electrons. The molecule has 3 rings (SSSR count). The van der Waals surface area contributed by atoms with Crippen molar-refractivity contribution in [2.75, 3.05) is 24.6 Å². The molecule has 0 radical (unpaired) electrons. The molecule has 0 saturated carbocycles. The first-order valence-corrected chi connectivity index (χ1v) is 8.98. The summed E-state index contributed by atoms with van der Waals surface area (Å²) < 4.78 is 0. The zero-order chi connectivity index (χ0) is 16.8. The van der Waals surface area contributed by atoms with E-state index in [1.165, 1.54) is 5.56 Å². The fourth-order valence-electron chi connectivity index (χ4n) is 3.49. The Kier molecular flexibility index (Phi) is 5.69. The van der Waals surface area contributed by atoms with Gasteiger partial charge in [0.2, 0.25) is 0 Å². The molecule has 1 aliphatic heterocycles. The minimum absolute atomic E-state index is 0.0468. The van der Waals surface area contributed by atoms with Gasteiger partial charge < -0.3 is 10.0 Å². The highest BCUT2D eigenvalue weighted by atomic mass is 35.5. The molecule has 0 atom stereocenters. The fraction of sp³-hybridized carbons (Fsp3) is 0.474. The molecule has 1 aromatic heterocycles. The van der Waals surface area contributed by atoms with Crippen LogP contribution in [0.3, 0.4) is 0 Å². The first-order valence-electron chi connectivity index (χ1n) is 8.60. The summed E-state index contributed by atoms with van der Waals surface area (Å²) in [5.74, 6) is 0.871. The quantitative estimate of drug-likeness (QED) is 0.866. The molecular weight excluding hydrogens is 322 g/mol. The number of halogens is 1. The minimum atomic E-state index is 0.0468. The fourth-order valence-corrected chi connectivity index (χ4v) is 3.59. The van der Waals surface area contributed by atoms with E-state index in [4.69, 9.17) is 11.6 Å². The molecule has 1 N–H and O–H groups in total. The predicted molar refractivity (Wildman–Crippen MR) is 97.4 cm³/mol. The Labute approximate surface area is 148 Å². The Morgan fingerprint density at radius 3 is 2.42 bits per heavy atom. The summed E-state index contributed by atoms with van der Waals surface area (Å²) in [6.45, 7) is 2.08. The standard InChI is InChI=1S/C19H24ClN3O/c20-17-8-9-18(22-21-17)23-13-11-19(15-24,12-14-23)10-4-7-16-5-2-1-3-6-16/h1-3,5-6,8-9,24H,4,7,10-15H2. The van der Waals surface area contributed by atoms with Crippen molar-refractivity contribution in [3.63, 3.8) is 0 Å². The molecule has 1 fully saturated rings. The van der Waals surface area contributed by atoms with E-state index < -0.39 is 0 Å². The van der Waals surface area contributed by atoms with Crippen molar-refractivity contribution < 1.29 is 5.11 Å². The SMILES string of the molecule is OCC1(CCCc2ccccc2)CCN(c2ccc(Cl)nn2)CC1. The number of nitrogens with zero attached hydrogens (tertiary/aromatic N) is 3. The lowest BCUT2D eigenvalue weighted by Gasteiger charge is -2.41. The molecule has 24 heavy (non-hydrogen) atoms. The zero-order valence-electron chi connectivity index (χ0n) is 13.9. The third-order valence-corrected chi connectivity index (χ3v) is 5.32. The number of aromatic nitrogens is 2. The summed E-state index contributed by atoms with van der Waals surface area (Å²) >= 11 is 5.80. The van der Waals surface area contributed by atoms with E-state index in [1.807, 2.05) is 12.1 Å². The summed E-state index contributed by atoms with van der Waals surface area (Å²) in [5, 5.41) is 18.5. The summed E-state index contributed by atoms with van der Waals surface area (Å²) in [6, 6.07) is 14.3. The van der Waals surface area contributed by atoms with Crippen molar-refractivity contribution in [3.8, 4) is 0 Å². The van der Waals surface area contributed by atoms with Crippen LogP contribution in [-0.2, 0) is 6.42 Å². The molecule has 0 bridgehead atoms. The maximum atomic E-state index is 9.97. The topological polar surface area (TPSA) is 49.2 Å². The molecule has 0 spiro atoms. The van der Waals surface area contributed by atoms with Gasteiger partial charge in [-0.25, -0.2) is 0 Å². The van der Waals surface area contributed by atoms with Gasteiger partial charge in [0.05, 0.1) is 0 Å². The van der Waals surface area contributed by atoms with Crippen molar-refractivity contribution in [1.82, 2.24) is 10.2 Å². The summed E-state index contributed by atoms with van der Waals surface area (Å²) in [7, 11) is 0. The normalized spacial score (nSPS) is 17.0. The summed E-state index contributed by atoms with van der Waals surface area (Å²) in [6.07, 6.45) is 5.24. The van der Waals surface area contributed by atoms with Gasteiger partial charge in [-0.15, -0.1) is 10.2 Å². The highest BCUT2D eigenvalue weighted by molar-refractivity contribution is 6.29. The second-order valence-electron chi connectivity index (χ2n) is 6.70. The first kappa shape index (κ1) is 17.2. The van der Waals surface area contributed by atoms with E-state index in [0.29, 0.717) is 5.15 Å². The predicted octanol–water partition coefficient (Wildman–Crippen LogP) is 3.73. The van der Waals surface area contributed by atoms with Gasteiger partial charge in [-0.05, 0) is 55.2 Å². The highest BCUT2D eigenvalue weighted by Crippen LogP contribution is 2.37. The van der Waals surface area contributed by atoms with Gasteiger partial charge in [0, 0.05) is 19.7 Å². The van der Waals surface area contributed by atoms with Crippen LogP contribution < -0.4 is 4.90 Å². The molecule has 0 aliphatic carbocycles. The maximum Gasteiger partial charge on any atom is 0.151 e. The van der Waals surface area contributed by atoms with Crippen LogP contribution in [0.25, 0.3) is 0 Å². The lowest BCUT2D eigenvalue weighted by atomic mass is 9.75. The molecule has 1 saturated heterocycles. The molecule has 1 aromatic carbocycles.